The summed E-state index contributed by atoms with van der Waals surface area (Å²) in [5.41, 5.74) is 0. The van der Waals surface area contributed by atoms with E-state index in [0.29, 0.717) is 0 Å². The number of rotatable bonds is 5. The molecule has 0 bridgehead atoms. The summed E-state index contributed by atoms with van der Waals surface area (Å²) in [5.74, 6) is 1.08. The number of carbonyl (C=O) groups is 1. The van der Waals surface area contributed by atoms with Crippen molar-refractivity contribution < 1.29 is 9.90 Å². The summed E-state index contributed by atoms with van der Waals surface area (Å²) >= 11 is 0. The lowest BCUT2D eigenvalue weighted by Crippen LogP contribution is -2.30. The predicted molar refractivity (Wildman–Crippen MR) is 72.5 cm³/mol. The van der Waals surface area contributed by atoms with E-state index >= 15 is 0 Å². The Morgan fingerprint density at radius 2 is 1.83 bits per heavy atom. The Kier molecular flexibility index (Phi) is 5.04. The molecule has 1 heterocycles. The Morgan fingerprint density at radius 3 is 2.39 bits per heavy atom. The Hall–Kier alpha value is -0.570. The third-order valence-electron chi connectivity index (χ3n) is 4.80. The van der Waals surface area contributed by atoms with Gasteiger partial charge in [0.05, 0.1) is 5.92 Å². The highest BCUT2D eigenvalue weighted by Crippen LogP contribution is 2.32. The minimum absolute atomic E-state index is 0.110. The third-order valence-corrected chi connectivity index (χ3v) is 4.80. The Balaban J connectivity index is 1.68. The average molecular weight is 253 g/mol. The molecule has 1 saturated heterocycles. The van der Waals surface area contributed by atoms with Gasteiger partial charge in [-0.2, -0.15) is 0 Å². The second-order valence-electron chi connectivity index (χ2n) is 6.26. The number of carboxylic acids is 1. The first-order chi connectivity index (χ1) is 8.69. The molecular weight excluding hydrogens is 226 g/mol. The molecule has 1 atom stereocenters. The van der Waals surface area contributed by atoms with Gasteiger partial charge in [-0.15, -0.1) is 0 Å². The van der Waals surface area contributed by atoms with Crippen LogP contribution in [0.1, 0.15) is 51.9 Å². The zero-order valence-corrected chi connectivity index (χ0v) is 11.6. The van der Waals surface area contributed by atoms with Crippen molar-refractivity contribution in [1.82, 2.24) is 4.90 Å². The zero-order valence-electron chi connectivity index (χ0n) is 11.6. The summed E-state index contributed by atoms with van der Waals surface area (Å²) in [6, 6.07) is 0. The fraction of sp³-hybridized carbons (Fsp3) is 0.933. The first-order valence-corrected chi connectivity index (χ1v) is 7.64. The molecule has 0 aromatic heterocycles. The highest BCUT2D eigenvalue weighted by atomic mass is 16.4. The number of nitrogens with zero attached hydrogens (tertiary/aromatic N) is 1. The van der Waals surface area contributed by atoms with Crippen LogP contribution in [-0.4, -0.2) is 35.6 Å². The quantitative estimate of drug-likeness (QED) is 0.819. The molecule has 1 N–H and O–H groups in total. The van der Waals surface area contributed by atoms with Crippen LogP contribution in [0.3, 0.4) is 0 Å². The van der Waals surface area contributed by atoms with Crippen molar-refractivity contribution in [1.29, 1.82) is 0 Å². The standard InChI is InChI=1S/C15H27NO2/c1-2-3-12-4-6-13(7-5-12)10-16-9-8-14(11-16)15(17)18/h12-14H,2-11H2,1H3,(H,17,18). The number of hydrogen-bond acceptors (Lipinski definition) is 2. The van der Waals surface area contributed by atoms with Gasteiger partial charge >= 0.3 is 5.97 Å². The normalized spacial score (nSPS) is 33.7. The fourth-order valence-corrected chi connectivity index (χ4v) is 3.68. The van der Waals surface area contributed by atoms with E-state index in [-0.39, 0.29) is 5.92 Å². The van der Waals surface area contributed by atoms with E-state index in [1.807, 2.05) is 0 Å². The third kappa shape index (κ3) is 3.71. The highest BCUT2D eigenvalue weighted by Gasteiger charge is 2.30. The molecule has 0 spiro atoms. The van der Waals surface area contributed by atoms with Gasteiger partial charge in [0.15, 0.2) is 0 Å². The van der Waals surface area contributed by atoms with Crippen LogP contribution >= 0.6 is 0 Å². The highest BCUT2D eigenvalue weighted by molar-refractivity contribution is 5.70. The van der Waals surface area contributed by atoms with Crippen molar-refractivity contribution in [2.24, 2.45) is 17.8 Å². The van der Waals surface area contributed by atoms with E-state index in [1.54, 1.807) is 0 Å². The van der Waals surface area contributed by atoms with Crippen molar-refractivity contribution in [3.8, 4) is 0 Å². The summed E-state index contributed by atoms with van der Waals surface area (Å²) < 4.78 is 0. The first kappa shape index (κ1) is 13.9. The van der Waals surface area contributed by atoms with Gasteiger partial charge in [0.1, 0.15) is 0 Å². The molecule has 0 aromatic carbocycles. The molecule has 2 aliphatic rings. The van der Waals surface area contributed by atoms with Crippen LogP contribution in [0.15, 0.2) is 0 Å². The summed E-state index contributed by atoms with van der Waals surface area (Å²) in [4.78, 5) is 13.3. The van der Waals surface area contributed by atoms with Crippen molar-refractivity contribution in [3.63, 3.8) is 0 Å². The number of aliphatic carboxylic acids is 1. The van der Waals surface area contributed by atoms with Gasteiger partial charge in [0.25, 0.3) is 0 Å². The van der Waals surface area contributed by atoms with E-state index in [9.17, 15) is 4.79 Å². The summed E-state index contributed by atoms with van der Waals surface area (Å²) in [7, 11) is 0. The lowest BCUT2D eigenvalue weighted by molar-refractivity contribution is -0.141. The largest absolute Gasteiger partial charge is 0.481 e. The van der Waals surface area contributed by atoms with Crippen LogP contribution in [0.4, 0.5) is 0 Å². The van der Waals surface area contributed by atoms with E-state index in [4.69, 9.17) is 5.11 Å². The summed E-state index contributed by atoms with van der Waals surface area (Å²) in [6.45, 7) is 5.20. The maximum Gasteiger partial charge on any atom is 0.307 e. The minimum Gasteiger partial charge on any atom is -0.481 e. The van der Waals surface area contributed by atoms with E-state index in [1.165, 1.54) is 38.5 Å². The Morgan fingerprint density at radius 1 is 1.17 bits per heavy atom. The monoisotopic (exact) mass is 253 g/mol. The zero-order chi connectivity index (χ0) is 13.0. The SMILES string of the molecule is CCCC1CCC(CN2CCC(C(=O)O)C2)CC1. The minimum atomic E-state index is -0.607. The van der Waals surface area contributed by atoms with Gasteiger partial charge < -0.3 is 10.0 Å². The van der Waals surface area contributed by atoms with Gasteiger partial charge in [-0.25, -0.2) is 0 Å². The average Bonchev–Trinajstić information content (AvgIpc) is 2.81. The van der Waals surface area contributed by atoms with E-state index in [0.717, 1.165) is 37.9 Å². The number of likely N-dealkylation sites (tertiary alicyclic amines) is 1. The maximum atomic E-state index is 10.9. The van der Waals surface area contributed by atoms with Crippen LogP contribution in [0.25, 0.3) is 0 Å². The molecule has 3 nitrogen and oxygen atoms in total. The van der Waals surface area contributed by atoms with Crippen molar-refractivity contribution in [2.75, 3.05) is 19.6 Å². The van der Waals surface area contributed by atoms with Gasteiger partial charge in [0, 0.05) is 13.1 Å². The van der Waals surface area contributed by atoms with Crippen LogP contribution in [0.2, 0.25) is 0 Å². The van der Waals surface area contributed by atoms with Crippen molar-refractivity contribution in [3.05, 3.63) is 0 Å². The van der Waals surface area contributed by atoms with Crippen molar-refractivity contribution >= 4 is 5.97 Å². The molecule has 1 unspecified atom stereocenters. The van der Waals surface area contributed by atoms with Gasteiger partial charge in [0.2, 0.25) is 0 Å². The molecule has 0 aromatic rings. The molecule has 2 fully saturated rings. The number of carboxylic acid groups (broad SMARTS) is 1. The molecule has 2 rings (SSSR count). The van der Waals surface area contributed by atoms with Crippen molar-refractivity contribution in [2.45, 2.75) is 51.9 Å². The molecule has 1 aliphatic carbocycles. The molecule has 1 aliphatic heterocycles. The van der Waals surface area contributed by atoms with E-state index < -0.39 is 5.97 Å². The lowest BCUT2D eigenvalue weighted by Gasteiger charge is -2.31. The maximum absolute atomic E-state index is 10.9. The number of hydrogen-bond donors (Lipinski definition) is 1. The summed E-state index contributed by atoms with van der Waals surface area (Å²) in [5, 5.41) is 9.00. The molecule has 0 amide bonds. The van der Waals surface area contributed by atoms with Gasteiger partial charge in [-0.1, -0.05) is 32.6 Å². The van der Waals surface area contributed by atoms with Crippen LogP contribution < -0.4 is 0 Å². The van der Waals surface area contributed by atoms with E-state index in [2.05, 4.69) is 11.8 Å². The predicted octanol–water partition coefficient (Wildman–Crippen LogP) is 3.00. The Labute approximate surface area is 111 Å². The summed E-state index contributed by atoms with van der Waals surface area (Å²) in [6.07, 6.45) is 9.08. The molecule has 1 saturated carbocycles. The first-order valence-electron chi connectivity index (χ1n) is 7.64. The lowest BCUT2D eigenvalue weighted by atomic mass is 9.80. The fourth-order valence-electron chi connectivity index (χ4n) is 3.68. The molecular formula is C15H27NO2. The topological polar surface area (TPSA) is 40.5 Å². The molecule has 3 heteroatoms. The van der Waals surface area contributed by atoms with Crippen LogP contribution in [0.5, 0.6) is 0 Å². The molecule has 0 radical (unpaired) electrons. The molecule has 104 valence electrons. The van der Waals surface area contributed by atoms with Crippen LogP contribution in [0, 0.1) is 17.8 Å². The molecule has 18 heavy (non-hydrogen) atoms. The van der Waals surface area contributed by atoms with Gasteiger partial charge in [-0.3, -0.25) is 4.79 Å². The second-order valence-corrected chi connectivity index (χ2v) is 6.26. The smallest absolute Gasteiger partial charge is 0.307 e. The van der Waals surface area contributed by atoms with Gasteiger partial charge in [-0.05, 0) is 37.6 Å². The van der Waals surface area contributed by atoms with Crippen LogP contribution in [-0.2, 0) is 4.79 Å². The second kappa shape index (κ2) is 6.55. The Bertz CT molecular complexity index is 272.